The minimum Gasteiger partial charge on any atom is -0.332 e. The summed E-state index contributed by atoms with van der Waals surface area (Å²) in [6.45, 7) is 13.8. The van der Waals surface area contributed by atoms with Crippen molar-refractivity contribution in [2.75, 3.05) is 18.4 Å². The van der Waals surface area contributed by atoms with E-state index in [-0.39, 0.29) is 11.3 Å². The summed E-state index contributed by atoms with van der Waals surface area (Å²) in [5.74, 6) is -0.212. The Bertz CT molecular complexity index is 788. The van der Waals surface area contributed by atoms with Crippen LogP contribution < -0.4 is 10.6 Å². The van der Waals surface area contributed by atoms with E-state index >= 15 is 0 Å². The van der Waals surface area contributed by atoms with Gasteiger partial charge in [0.2, 0.25) is 0 Å². The molecule has 4 nitrogen and oxygen atoms in total. The second-order valence-corrected chi connectivity index (χ2v) is 8.30. The monoisotopic (exact) mass is 397 g/mol. The number of thiocarbonyl (C=S) groups is 1. The maximum atomic E-state index is 12.4. The highest BCUT2D eigenvalue weighted by Gasteiger charge is 2.14. The number of rotatable bonds is 6. The zero-order chi connectivity index (χ0) is 20.7. The maximum absolute atomic E-state index is 12.4. The number of carbonyl (C=O) groups excluding carboxylic acids is 1. The van der Waals surface area contributed by atoms with Crippen molar-refractivity contribution in [3.63, 3.8) is 0 Å². The van der Waals surface area contributed by atoms with E-state index in [4.69, 9.17) is 12.2 Å². The lowest BCUT2D eigenvalue weighted by molar-refractivity contribution is 0.0977. The molecule has 0 spiro atoms. The van der Waals surface area contributed by atoms with E-state index in [1.54, 1.807) is 0 Å². The average Bonchev–Trinajstić information content (AvgIpc) is 2.66. The SMILES string of the molecule is CCN(CC)Cc1ccc(NC(=S)NC(=O)c2ccc(C(C)(C)C)cc2)cc1. The molecule has 2 aromatic rings. The van der Waals surface area contributed by atoms with Crippen LogP contribution in [0, 0.1) is 0 Å². The van der Waals surface area contributed by atoms with Crippen LogP contribution in [0.1, 0.15) is 56.1 Å². The van der Waals surface area contributed by atoms with Gasteiger partial charge in [0, 0.05) is 17.8 Å². The third-order valence-corrected chi connectivity index (χ3v) is 4.96. The number of hydrogen-bond acceptors (Lipinski definition) is 3. The molecule has 5 heteroatoms. The fraction of sp³-hybridized carbons (Fsp3) is 0.391. The Hall–Kier alpha value is -2.24. The highest BCUT2D eigenvalue weighted by molar-refractivity contribution is 7.80. The van der Waals surface area contributed by atoms with Crippen LogP contribution in [0.4, 0.5) is 5.69 Å². The van der Waals surface area contributed by atoms with Crippen LogP contribution in [-0.4, -0.2) is 29.0 Å². The molecular formula is C23H31N3OS. The maximum Gasteiger partial charge on any atom is 0.257 e. The minimum atomic E-state index is -0.212. The molecule has 1 amide bonds. The predicted molar refractivity (Wildman–Crippen MR) is 122 cm³/mol. The summed E-state index contributed by atoms with van der Waals surface area (Å²) in [6.07, 6.45) is 0. The van der Waals surface area contributed by atoms with Gasteiger partial charge >= 0.3 is 0 Å². The summed E-state index contributed by atoms with van der Waals surface area (Å²) < 4.78 is 0. The van der Waals surface area contributed by atoms with E-state index in [1.165, 1.54) is 11.1 Å². The number of benzene rings is 2. The number of nitrogens with one attached hydrogen (secondary N) is 2. The topological polar surface area (TPSA) is 44.4 Å². The molecule has 0 bridgehead atoms. The Labute approximate surface area is 174 Å². The largest absolute Gasteiger partial charge is 0.332 e. The lowest BCUT2D eigenvalue weighted by Gasteiger charge is -2.19. The van der Waals surface area contributed by atoms with E-state index < -0.39 is 0 Å². The zero-order valence-electron chi connectivity index (χ0n) is 17.5. The molecule has 150 valence electrons. The zero-order valence-corrected chi connectivity index (χ0v) is 18.3. The van der Waals surface area contributed by atoms with Gasteiger partial charge in [0.05, 0.1) is 0 Å². The summed E-state index contributed by atoms with van der Waals surface area (Å²) in [5, 5.41) is 6.11. The van der Waals surface area contributed by atoms with Gasteiger partial charge in [0.25, 0.3) is 5.91 Å². The molecule has 2 rings (SSSR count). The molecular weight excluding hydrogens is 366 g/mol. The fourth-order valence-corrected chi connectivity index (χ4v) is 3.07. The van der Waals surface area contributed by atoms with Crippen molar-refractivity contribution in [3.05, 3.63) is 65.2 Å². The summed E-state index contributed by atoms with van der Waals surface area (Å²) in [4.78, 5) is 14.8. The fourth-order valence-electron chi connectivity index (χ4n) is 2.86. The Morgan fingerprint density at radius 2 is 1.54 bits per heavy atom. The van der Waals surface area contributed by atoms with E-state index in [2.05, 4.69) is 62.3 Å². The summed E-state index contributed by atoms with van der Waals surface area (Å²) in [6, 6.07) is 15.8. The van der Waals surface area contributed by atoms with E-state index in [9.17, 15) is 4.79 Å². The highest BCUT2D eigenvalue weighted by atomic mass is 32.1. The Balaban J connectivity index is 1.91. The van der Waals surface area contributed by atoms with Gasteiger partial charge in [-0.05, 0) is 66.1 Å². The molecule has 0 radical (unpaired) electrons. The molecule has 2 N–H and O–H groups in total. The lowest BCUT2D eigenvalue weighted by Crippen LogP contribution is -2.34. The molecule has 0 aliphatic carbocycles. The van der Waals surface area contributed by atoms with E-state index in [0.717, 1.165) is 25.3 Å². The summed E-state index contributed by atoms with van der Waals surface area (Å²) in [5.41, 5.74) is 3.95. The first kappa shape index (κ1) is 22.1. The number of carbonyl (C=O) groups is 1. The van der Waals surface area contributed by atoms with Gasteiger partial charge in [-0.1, -0.05) is 58.9 Å². The second-order valence-electron chi connectivity index (χ2n) is 7.89. The lowest BCUT2D eigenvalue weighted by atomic mass is 9.87. The number of anilines is 1. The molecule has 0 aromatic heterocycles. The molecule has 0 atom stereocenters. The van der Waals surface area contributed by atoms with Crippen LogP contribution in [-0.2, 0) is 12.0 Å². The molecule has 0 unspecified atom stereocenters. The second kappa shape index (κ2) is 9.80. The number of amides is 1. The van der Waals surface area contributed by atoms with E-state index in [0.29, 0.717) is 10.7 Å². The van der Waals surface area contributed by atoms with Crippen LogP contribution in [0.3, 0.4) is 0 Å². The summed E-state index contributed by atoms with van der Waals surface area (Å²) in [7, 11) is 0. The number of hydrogen-bond donors (Lipinski definition) is 2. The van der Waals surface area contributed by atoms with Crippen molar-refractivity contribution in [2.45, 2.75) is 46.6 Å². The Morgan fingerprint density at radius 1 is 0.964 bits per heavy atom. The minimum absolute atomic E-state index is 0.0588. The van der Waals surface area contributed by atoms with Gasteiger partial charge in [0.15, 0.2) is 5.11 Å². The van der Waals surface area contributed by atoms with Crippen molar-refractivity contribution < 1.29 is 4.79 Å². The van der Waals surface area contributed by atoms with Crippen LogP contribution >= 0.6 is 12.2 Å². The smallest absolute Gasteiger partial charge is 0.257 e. The first-order valence-corrected chi connectivity index (χ1v) is 10.2. The Kier molecular flexibility index (Phi) is 7.72. The third-order valence-electron chi connectivity index (χ3n) is 4.75. The van der Waals surface area contributed by atoms with Gasteiger partial charge in [-0.15, -0.1) is 0 Å². The van der Waals surface area contributed by atoms with Crippen LogP contribution in [0.15, 0.2) is 48.5 Å². The average molecular weight is 398 g/mol. The van der Waals surface area contributed by atoms with Crippen LogP contribution in [0.5, 0.6) is 0 Å². The predicted octanol–water partition coefficient (Wildman–Crippen LogP) is 4.95. The quantitative estimate of drug-likeness (QED) is 0.677. The van der Waals surface area contributed by atoms with Crippen molar-refractivity contribution in [2.24, 2.45) is 0 Å². The standard InChI is InChI=1S/C23H31N3OS/c1-6-26(7-2)16-17-8-14-20(15-9-17)24-22(28)25-21(27)18-10-12-19(13-11-18)23(3,4)5/h8-15H,6-7,16H2,1-5H3,(H2,24,25,27,28). The van der Waals surface area contributed by atoms with Crippen molar-refractivity contribution in [1.82, 2.24) is 10.2 Å². The molecule has 28 heavy (non-hydrogen) atoms. The van der Waals surface area contributed by atoms with Crippen LogP contribution in [0.25, 0.3) is 0 Å². The van der Waals surface area contributed by atoms with Crippen LogP contribution in [0.2, 0.25) is 0 Å². The molecule has 0 saturated carbocycles. The molecule has 0 saturated heterocycles. The molecule has 0 heterocycles. The highest BCUT2D eigenvalue weighted by Crippen LogP contribution is 2.22. The third kappa shape index (κ3) is 6.43. The van der Waals surface area contributed by atoms with Gasteiger partial charge < -0.3 is 5.32 Å². The van der Waals surface area contributed by atoms with E-state index in [1.807, 2.05) is 36.4 Å². The number of nitrogens with zero attached hydrogens (tertiary/aromatic N) is 1. The summed E-state index contributed by atoms with van der Waals surface area (Å²) >= 11 is 5.29. The van der Waals surface area contributed by atoms with Gasteiger partial charge in [-0.2, -0.15) is 0 Å². The van der Waals surface area contributed by atoms with Crippen molar-refractivity contribution >= 4 is 28.9 Å². The molecule has 2 aromatic carbocycles. The molecule has 0 fully saturated rings. The van der Waals surface area contributed by atoms with Gasteiger partial charge in [0.1, 0.15) is 0 Å². The van der Waals surface area contributed by atoms with Crippen molar-refractivity contribution in [3.8, 4) is 0 Å². The normalized spacial score (nSPS) is 11.4. The first-order chi connectivity index (χ1) is 13.2. The molecule has 0 aliphatic heterocycles. The van der Waals surface area contributed by atoms with Gasteiger partial charge in [-0.3, -0.25) is 15.0 Å². The van der Waals surface area contributed by atoms with Crippen molar-refractivity contribution in [1.29, 1.82) is 0 Å². The Morgan fingerprint density at radius 3 is 2.04 bits per heavy atom. The van der Waals surface area contributed by atoms with Gasteiger partial charge in [-0.25, -0.2) is 0 Å². The molecule has 0 aliphatic rings. The first-order valence-electron chi connectivity index (χ1n) is 9.77.